The Morgan fingerprint density at radius 1 is 1.12 bits per heavy atom. The van der Waals surface area contributed by atoms with Gasteiger partial charge in [-0.05, 0) is 73.0 Å². The highest BCUT2D eigenvalue weighted by atomic mass is 32.2. The van der Waals surface area contributed by atoms with Crippen molar-refractivity contribution in [2.24, 2.45) is 5.92 Å². The standard InChI is InChI=1S/C24H25N7O2S/c32-22-20(34-24(33)30-22)13-18-5-10-28-23(29-18)31-11-6-16(7-12-31)14-25-15-17-3-1-9-27-21(17)19-4-2-8-26-19/h1-5,8-10,13,16,25-26H,6-7,11-12,14-15H2,(H,30,32,33)/b20-13-. The molecule has 174 valence electrons. The molecule has 2 aliphatic rings. The van der Waals surface area contributed by atoms with Crippen LogP contribution in [0.4, 0.5) is 10.7 Å². The van der Waals surface area contributed by atoms with E-state index < -0.39 is 0 Å². The molecule has 9 nitrogen and oxygen atoms in total. The van der Waals surface area contributed by atoms with Crippen LogP contribution in [-0.4, -0.2) is 50.7 Å². The number of rotatable bonds is 7. The molecule has 5 rings (SSSR count). The highest BCUT2D eigenvalue weighted by Crippen LogP contribution is 2.26. The molecule has 0 unspecified atom stereocenters. The van der Waals surface area contributed by atoms with Gasteiger partial charge in [0.25, 0.3) is 11.1 Å². The fourth-order valence-electron chi connectivity index (χ4n) is 4.20. The largest absolute Gasteiger partial charge is 0.360 e. The Hall–Kier alpha value is -3.50. The zero-order valence-corrected chi connectivity index (χ0v) is 19.3. The lowest BCUT2D eigenvalue weighted by molar-refractivity contribution is -0.115. The predicted molar refractivity (Wildman–Crippen MR) is 132 cm³/mol. The van der Waals surface area contributed by atoms with Gasteiger partial charge in [-0.2, -0.15) is 0 Å². The number of aromatic amines is 1. The van der Waals surface area contributed by atoms with Crippen molar-refractivity contribution in [3.63, 3.8) is 0 Å². The molecule has 2 amide bonds. The van der Waals surface area contributed by atoms with Gasteiger partial charge in [-0.25, -0.2) is 9.97 Å². The van der Waals surface area contributed by atoms with Crippen molar-refractivity contribution in [2.75, 3.05) is 24.5 Å². The summed E-state index contributed by atoms with van der Waals surface area (Å²) in [6.45, 7) is 3.47. The first-order valence-corrected chi connectivity index (χ1v) is 12.1. The lowest BCUT2D eigenvalue weighted by Gasteiger charge is -2.32. The van der Waals surface area contributed by atoms with Gasteiger partial charge in [-0.1, -0.05) is 6.07 Å². The SMILES string of the molecule is O=C1NC(=O)/C(=C/c2ccnc(N3CCC(CNCc4cccnc4-c4ccc[nH]4)CC3)n2)S1. The molecule has 2 saturated heterocycles. The van der Waals surface area contributed by atoms with Gasteiger partial charge in [0.15, 0.2) is 0 Å². The first kappa shape index (κ1) is 22.3. The molecule has 3 aromatic rings. The van der Waals surface area contributed by atoms with Crippen LogP contribution in [0.1, 0.15) is 24.1 Å². The number of carbonyl (C=O) groups excluding carboxylic acids is 2. The first-order valence-electron chi connectivity index (χ1n) is 11.3. The minimum atomic E-state index is -0.380. The molecule has 2 aliphatic heterocycles. The summed E-state index contributed by atoms with van der Waals surface area (Å²) in [5.41, 5.74) is 3.81. The number of imide groups is 1. The second-order valence-corrected chi connectivity index (χ2v) is 9.30. The van der Waals surface area contributed by atoms with Crippen molar-refractivity contribution >= 4 is 34.9 Å². The Bertz CT molecular complexity index is 1200. The normalized spacial score (nSPS) is 18.0. The summed E-state index contributed by atoms with van der Waals surface area (Å²) in [6.07, 6.45) is 9.15. The molecule has 5 heterocycles. The number of H-pyrrole nitrogens is 1. The Balaban J connectivity index is 1.13. The number of piperidine rings is 1. The maximum atomic E-state index is 11.8. The number of hydrogen-bond donors (Lipinski definition) is 3. The van der Waals surface area contributed by atoms with E-state index in [2.05, 4.69) is 41.5 Å². The molecular formula is C24H25N7O2S. The van der Waals surface area contributed by atoms with Crippen LogP contribution in [0.15, 0.2) is 53.8 Å². The van der Waals surface area contributed by atoms with Crippen LogP contribution in [-0.2, 0) is 11.3 Å². The zero-order valence-electron chi connectivity index (χ0n) is 18.5. The number of aromatic nitrogens is 4. The predicted octanol–water partition coefficient (Wildman–Crippen LogP) is 3.20. The number of pyridine rings is 1. The monoisotopic (exact) mass is 475 g/mol. The molecule has 3 N–H and O–H groups in total. The van der Waals surface area contributed by atoms with Gasteiger partial charge in [0.1, 0.15) is 0 Å². The van der Waals surface area contributed by atoms with E-state index in [0.29, 0.717) is 22.5 Å². The summed E-state index contributed by atoms with van der Waals surface area (Å²) in [5.74, 6) is 0.855. The van der Waals surface area contributed by atoms with Crippen molar-refractivity contribution < 1.29 is 9.59 Å². The van der Waals surface area contributed by atoms with Gasteiger partial charge >= 0.3 is 0 Å². The van der Waals surface area contributed by atoms with E-state index in [4.69, 9.17) is 0 Å². The van der Waals surface area contributed by atoms with E-state index in [1.165, 1.54) is 5.56 Å². The number of carbonyl (C=O) groups is 2. The fraction of sp³-hybridized carbons (Fsp3) is 0.292. The minimum absolute atomic E-state index is 0.354. The molecule has 0 saturated carbocycles. The second kappa shape index (κ2) is 10.2. The Kier molecular flexibility index (Phi) is 6.68. The number of nitrogens with zero attached hydrogens (tertiary/aromatic N) is 4. The molecule has 3 aromatic heterocycles. The number of thioether (sulfide) groups is 1. The molecule has 0 bridgehead atoms. The minimum Gasteiger partial charge on any atom is -0.360 e. The third kappa shape index (κ3) is 5.18. The average molecular weight is 476 g/mol. The average Bonchev–Trinajstić information content (AvgIpc) is 3.50. The number of amides is 2. The summed E-state index contributed by atoms with van der Waals surface area (Å²) < 4.78 is 0. The Labute approximate surface area is 201 Å². The quantitative estimate of drug-likeness (QED) is 0.446. The number of nitrogens with one attached hydrogen (secondary N) is 3. The molecule has 0 spiro atoms. The lowest BCUT2D eigenvalue weighted by Crippen LogP contribution is -2.38. The lowest BCUT2D eigenvalue weighted by atomic mass is 9.97. The van der Waals surface area contributed by atoms with Crippen molar-refractivity contribution in [2.45, 2.75) is 19.4 Å². The summed E-state index contributed by atoms with van der Waals surface area (Å²) >= 11 is 0.891. The van der Waals surface area contributed by atoms with Gasteiger partial charge in [-0.3, -0.25) is 19.9 Å². The maximum Gasteiger partial charge on any atom is 0.290 e. The summed E-state index contributed by atoms with van der Waals surface area (Å²) in [6, 6.07) is 9.85. The molecule has 0 aliphatic carbocycles. The van der Waals surface area contributed by atoms with Crippen molar-refractivity contribution in [1.29, 1.82) is 0 Å². The molecule has 10 heteroatoms. The Morgan fingerprint density at radius 3 is 2.76 bits per heavy atom. The molecule has 0 atom stereocenters. The van der Waals surface area contributed by atoms with E-state index in [9.17, 15) is 9.59 Å². The summed E-state index contributed by atoms with van der Waals surface area (Å²) in [7, 11) is 0. The van der Waals surface area contributed by atoms with E-state index in [0.717, 1.165) is 62.2 Å². The summed E-state index contributed by atoms with van der Waals surface area (Å²) in [4.78, 5) is 42.5. The first-order chi connectivity index (χ1) is 16.7. The second-order valence-electron chi connectivity index (χ2n) is 8.29. The van der Waals surface area contributed by atoms with Crippen molar-refractivity contribution in [1.82, 2.24) is 30.6 Å². The highest BCUT2D eigenvalue weighted by Gasteiger charge is 2.25. The molecular weight excluding hydrogens is 450 g/mol. The number of anilines is 1. The molecule has 34 heavy (non-hydrogen) atoms. The van der Waals surface area contributed by atoms with Crippen LogP contribution >= 0.6 is 11.8 Å². The Morgan fingerprint density at radius 2 is 2.00 bits per heavy atom. The third-order valence-electron chi connectivity index (χ3n) is 5.98. The van der Waals surface area contributed by atoms with E-state index in [-0.39, 0.29) is 11.1 Å². The van der Waals surface area contributed by atoms with Gasteiger partial charge < -0.3 is 15.2 Å². The van der Waals surface area contributed by atoms with Crippen LogP contribution in [0.5, 0.6) is 0 Å². The molecule has 0 radical (unpaired) electrons. The van der Waals surface area contributed by atoms with Gasteiger partial charge in [-0.15, -0.1) is 0 Å². The van der Waals surface area contributed by atoms with Crippen LogP contribution in [0, 0.1) is 5.92 Å². The third-order valence-corrected chi connectivity index (χ3v) is 6.79. The summed E-state index contributed by atoms with van der Waals surface area (Å²) in [5, 5.41) is 5.51. The van der Waals surface area contributed by atoms with Gasteiger partial charge in [0, 0.05) is 38.2 Å². The fourth-order valence-corrected chi connectivity index (χ4v) is 4.87. The van der Waals surface area contributed by atoms with E-state index in [1.54, 1.807) is 18.3 Å². The van der Waals surface area contributed by atoms with Crippen molar-refractivity contribution in [3.8, 4) is 11.4 Å². The van der Waals surface area contributed by atoms with Gasteiger partial charge in [0.2, 0.25) is 5.95 Å². The van der Waals surface area contributed by atoms with E-state index in [1.807, 2.05) is 30.6 Å². The molecule has 2 fully saturated rings. The highest BCUT2D eigenvalue weighted by molar-refractivity contribution is 8.18. The zero-order chi connectivity index (χ0) is 23.3. The smallest absolute Gasteiger partial charge is 0.290 e. The van der Waals surface area contributed by atoms with Gasteiger partial charge in [0.05, 0.1) is 22.0 Å². The van der Waals surface area contributed by atoms with Crippen LogP contribution < -0.4 is 15.5 Å². The van der Waals surface area contributed by atoms with Crippen molar-refractivity contribution in [3.05, 3.63) is 65.1 Å². The molecule has 0 aromatic carbocycles. The van der Waals surface area contributed by atoms with Crippen LogP contribution in [0.2, 0.25) is 0 Å². The number of hydrogen-bond acceptors (Lipinski definition) is 8. The van der Waals surface area contributed by atoms with Crippen LogP contribution in [0.25, 0.3) is 17.5 Å². The topological polar surface area (TPSA) is 116 Å². The van der Waals surface area contributed by atoms with E-state index >= 15 is 0 Å². The maximum absolute atomic E-state index is 11.8. The van der Waals surface area contributed by atoms with Crippen LogP contribution in [0.3, 0.4) is 0 Å².